The number of nitrogens with zero attached hydrogens (tertiary/aromatic N) is 2. The van der Waals surface area contributed by atoms with Crippen LogP contribution in [-0.4, -0.2) is 9.55 Å². The first-order chi connectivity index (χ1) is 16.3. The van der Waals surface area contributed by atoms with Crippen LogP contribution in [-0.2, 0) is 0 Å². The summed E-state index contributed by atoms with van der Waals surface area (Å²) in [5.41, 5.74) is 5.15. The monoisotopic (exact) mass is 440 g/mol. The molecule has 8 aromatic rings. The van der Waals surface area contributed by atoms with E-state index in [-0.39, 0.29) is 0 Å². The molecule has 0 aliphatic carbocycles. The molecule has 0 aliphatic heterocycles. The van der Waals surface area contributed by atoms with Gasteiger partial charge in [0.2, 0.25) is 0 Å². The molecule has 33 heavy (non-hydrogen) atoms. The van der Waals surface area contributed by atoms with Gasteiger partial charge in [-0.2, -0.15) is 0 Å². The maximum Gasteiger partial charge on any atom is 0.195 e. The van der Waals surface area contributed by atoms with Crippen LogP contribution in [0.25, 0.3) is 69.9 Å². The first-order valence-corrected chi connectivity index (χ1v) is 11.8. The molecule has 3 aromatic heterocycles. The molecule has 0 saturated heterocycles. The van der Waals surface area contributed by atoms with Crippen molar-refractivity contribution in [1.29, 1.82) is 0 Å². The number of hydrogen-bond donors (Lipinski definition) is 0. The molecular formula is C29H16N2OS. The number of furan rings is 1. The molecule has 3 nitrogen and oxygen atoms in total. The van der Waals surface area contributed by atoms with Crippen LogP contribution in [0.5, 0.6) is 0 Å². The second kappa shape index (κ2) is 6.21. The third-order valence-electron chi connectivity index (χ3n) is 6.62. The van der Waals surface area contributed by atoms with E-state index in [1.165, 1.54) is 32.6 Å². The van der Waals surface area contributed by atoms with Gasteiger partial charge in [0.15, 0.2) is 5.13 Å². The molecule has 8 rings (SSSR count). The van der Waals surface area contributed by atoms with Crippen LogP contribution < -0.4 is 0 Å². The molecule has 154 valence electrons. The molecule has 0 fully saturated rings. The van der Waals surface area contributed by atoms with Gasteiger partial charge in [-0.25, -0.2) is 4.98 Å². The molecule has 3 heterocycles. The van der Waals surface area contributed by atoms with Crippen molar-refractivity contribution in [1.82, 2.24) is 9.55 Å². The van der Waals surface area contributed by atoms with Crippen LogP contribution in [0.2, 0.25) is 0 Å². The highest BCUT2D eigenvalue weighted by Gasteiger charge is 2.18. The molecule has 0 bridgehead atoms. The SMILES string of the molecule is c1ccc2cc3c(cc2c1)c1ccccc1n3-c1nc2c(ccc3oc4ccccc4c32)s1. The van der Waals surface area contributed by atoms with Crippen molar-refractivity contribution >= 4 is 76.1 Å². The average Bonchev–Trinajstić information content (AvgIpc) is 3.53. The maximum atomic E-state index is 6.11. The van der Waals surface area contributed by atoms with Crippen LogP contribution in [0.4, 0.5) is 0 Å². The quantitative estimate of drug-likeness (QED) is 0.256. The number of benzene rings is 5. The van der Waals surface area contributed by atoms with Crippen molar-refractivity contribution in [3.63, 3.8) is 0 Å². The van der Waals surface area contributed by atoms with Gasteiger partial charge in [-0.3, -0.25) is 4.57 Å². The predicted octanol–water partition coefficient (Wildman–Crippen LogP) is 8.45. The fourth-order valence-electron chi connectivity index (χ4n) is 5.15. The van der Waals surface area contributed by atoms with E-state index < -0.39 is 0 Å². The summed E-state index contributed by atoms with van der Waals surface area (Å²) < 4.78 is 9.59. The van der Waals surface area contributed by atoms with Gasteiger partial charge in [-0.05, 0) is 47.2 Å². The van der Waals surface area contributed by atoms with Crippen molar-refractivity contribution in [2.75, 3.05) is 0 Å². The van der Waals surface area contributed by atoms with Crippen LogP contribution in [0.3, 0.4) is 0 Å². The summed E-state index contributed by atoms with van der Waals surface area (Å²) >= 11 is 1.73. The van der Waals surface area contributed by atoms with Gasteiger partial charge in [0.05, 0.1) is 26.6 Å². The van der Waals surface area contributed by atoms with E-state index >= 15 is 0 Å². The number of rotatable bonds is 1. The van der Waals surface area contributed by atoms with Gasteiger partial charge in [-0.1, -0.05) is 72.0 Å². The number of aromatic nitrogens is 2. The van der Waals surface area contributed by atoms with E-state index in [1.807, 2.05) is 12.1 Å². The second-order valence-electron chi connectivity index (χ2n) is 8.45. The van der Waals surface area contributed by atoms with Crippen molar-refractivity contribution < 1.29 is 4.42 Å². The lowest BCUT2D eigenvalue weighted by molar-refractivity contribution is 0.669. The largest absolute Gasteiger partial charge is 0.456 e. The van der Waals surface area contributed by atoms with Crippen LogP contribution >= 0.6 is 11.3 Å². The molecule has 0 aliphatic rings. The van der Waals surface area contributed by atoms with Crippen molar-refractivity contribution in [3.05, 3.63) is 97.1 Å². The van der Waals surface area contributed by atoms with E-state index in [0.29, 0.717) is 0 Å². The minimum Gasteiger partial charge on any atom is -0.456 e. The lowest BCUT2D eigenvalue weighted by atomic mass is 10.1. The zero-order chi connectivity index (χ0) is 21.5. The van der Waals surface area contributed by atoms with Crippen molar-refractivity contribution in [2.24, 2.45) is 0 Å². The number of fused-ring (bicyclic) bond motifs is 9. The molecule has 0 radical (unpaired) electrons. The molecule has 5 aromatic carbocycles. The highest BCUT2D eigenvalue weighted by Crippen LogP contribution is 2.40. The van der Waals surface area contributed by atoms with Crippen LogP contribution in [0.1, 0.15) is 0 Å². The third-order valence-corrected chi connectivity index (χ3v) is 7.62. The topological polar surface area (TPSA) is 31.0 Å². The number of thiazole rings is 1. The summed E-state index contributed by atoms with van der Waals surface area (Å²) in [6.07, 6.45) is 0. The molecule has 4 heteroatoms. The van der Waals surface area contributed by atoms with Crippen LogP contribution in [0.15, 0.2) is 101 Å². The van der Waals surface area contributed by atoms with E-state index in [0.717, 1.165) is 37.3 Å². The third kappa shape index (κ3) is 2.31. The fourth-order valence-corrected chi connectivity index (χ4v) is 6.15. The van der Waals surface area contributed by atoms with Gasteiger partial charge >= 0.3 is 0 Å². The Morgan fingerprint density at radius 2 is 1.39 bits per heavy atom. The van der Waals surface area contributed by atoms with E-state index in [2.05, 4.69) is 89.5 Å². The van der Waals surface area contributed by atoms with Gasteiger partial charge < -0.3 is 4.42 Å². The smallest absolute Gasteiger partial charge is 0.195 e. The summed E-state index contributed by atoms with van der Waals surface area (Å²) in [5, 5.41) is 8.17. The lowest BCUT2D eigenvalue weighted by Gasteiger charge is -2.04. The molecule has 0 saturated carbocycles. The summed E-state index contributed by atoms with van der Waals surface area (Å²) in [5.74, 6) is 0. The van der Waals surface area contributed by atoms with E-state index in [9.17, 15) is 0 Å². The first kappa shape index (κ1) is 17.4. The second-order valence-corrected chi connectivity index (χ2v) is 9.46. The Morgan fingerprint density at radius 1 is 0.636 bits per heavy atom. The molecule has 0 unspecified atom stereocenters. The Balaban J connectivity index is 1.52. The Bertz CT molecular complexity index is 2040. The molecule has 0 N–H and O–H groups in total. The van der Waals surface area contributed by atoms with Crippen LogP contribution in [0, 0.1) is 0 Å². The zero-order valence-electron chi connectivity index (χ0n) is 17.4. The Kier molecular flexibility index (Phi) is 3.28. The predicted molar refractivity (Wildman–Crippen MR) is 139 cm³/mol. The van der Waals surface area contributed by atoms with Gasteiger partial charge in [-0.15, -0.1) is 0 Å². The summed E-state index contributed by atoms with van der Waals surface area (Å²) in [6, 6.07) is 34.2. The summed E-state index contributed by atoms with van der Waals surface area (Å²) in [4.78, 5) is 5.21. The normalized spacial score (nSPS) is 12.2. The fraction of sp³-hybridized carbons (Fsp3) is 0. The Hall–Kier alpha value is -4.15. The molecular weight excluding hydrogens is 424 g/mol. The number of para-hydroxylation sites is 2. The summed E-state index contributed by atoms with van der Waals surface area (Å²) in [6.45, 7) is 0. The average molecular weight is 441 g/mol. The minimum absolute atomic E-state index is 0.883. The minimum atomic E-state index is 0.883. The van der Waals surface area contributed by atoms with Crippen molar-refractivity contribution in [2.45, 2.75) is 0 Å². The zero-order valence-corrected chi connectivity index (χ0v) is 18.3. The first-order valence-electron chi connectivity index (χ1n) is 11.0. The maximum absolute atomic E-state index is 6.11. The van der Waals surface area contributed by atoms with Gasteiger partial charge in [0.1, 0.15) is 11.2 Å². The van der Waals surface area contributed by atoms with E-state index in [4.69, 9.17) is 9.40 Å². The van der Waals surface area contributed by atoms with Crippen molar-refractivity contribution in [3.8, 4) is 5.13 Å². The molecule has 0 spiro atoms. The standard InChI is InChI=1S/C29H16N2OS/c1-2-8-18-16-23-21(15-17(18)7-1)19-9-3-5-11-22(19)31(23)29-30-28-26(33-29)14-13-25-27(28)20-10-4-6-12-24(20)32-25/h1-16H. The Morgan fingerprint density at radius 3 is 2.30 bits per heavy atom. The highest BCUT2D eigenvalue weighted by atomic mass is 32.1. The summed E-state index contributed by atoms with van der Waals surface area (Å²) in [7, 11) is 0. The highest BCUT2D eigenvalue weighted by molar-refractivity contribution is 7.21. The van der Waals surface area contributed by atoms with Gasteiger partial charge in [0.25, 0.3) is 0 Å². The number of hydrogen-bond acceptors (Lipinski definition) is 3. The van der Waals surface area contributed by atoms with Gasteiger partial charge in [0, 0.05) is 16.2 Å². The lowest BCUT2D eigenvalue weighted by Crippen LogP contribution is -1.92. The van der Waals surface area contributed by atoms with E-state index in [1.54, 1.807) is 11.3 Å². The molecule has 0 amide bonds. The Labute approximate surface area is 192 Å². The molecule has 0 atom stereocenters.